The number of carboxylic acid groups (broad SMARTS) is 1. The van der Waals surface area contributed by atoms with Crippen LogP contribution in [0.15, 0.2) is 21.5 Å². The molecule has 116 valence electrons. The molecule has 1 aliphatic rings. The molecule has 1 aliphatic heterocycles. The van der Waals surface area contributed by atoms with Gasteiger partial charge in [-0.1, -0.05) is 15.9 Å². The summed E-state index contributed by atoms with van der Waals surface area (Å²) in [4.78, 5) is 10.4. The van der Waals surface area contributed by atoms with Crippen LogP contribution in [-0.4, -0.2) is 47.9 Å². The van der Waals surface area contributed by atoms with Crippen molar-refractivity contribution in [2.75, 3.05) is 18.1 Å². The van der Waals surface area contributed by atoms with E-state index < -0.39 is 32.3 Å². The third kappa shape index (κ3) is 3.25. The fraction of sp³-hybridized carbons (Fsp3) is 0.417. The first-order chi connectivity index (χ1) is 9.75. The summed E-state index contributed by atoms with van der Waals surface area (Å²) in [6.07, 6.45) is 0. The van der Waals surface area contributed by atoms with Crippen LogP contribution in [0.4, 0.5) is 4.39 Å². The molecular formula is C12H13BrFNO4S2. The van der Waals surface area contributed by atoms with Gasteiger partial charge in [0.25, 0.3) is 0 Å². The van der Waals surface area contributed by atoms with Gasteiger partial charge in [-0.2, -0.15) is 16.1 Å². The van der Waals surface area contributed by atoms with Gasteiger partial charge in [0, 0.05) is 28.6 Å². The first kappa shape index (κ1) is 16.7. The molecule has 5 nitrogen and oxygen atoms in total. The second-order valence-corrected chi connectivity index (χ2v) is 8.53. The molecule has 21 heavy (non-hydrogen) atoms. The lowest BCUT2D eigenvalue weighted by Crippen LogP contribution is -2.44. The summed E-state index contributed by atoms with van der Waals surface area (Å²) in [7, 11) is -4.07. The molecule has 0 aliphatic carbocycles. The Morgan fingerprint density at radius 3 is 2.76 bits per heavy atom. The number of sulfonamides is 1. The summed E-state index contributed by atoms with van der Waals surface area (Å²) >= 11 is 4.66. The average molecular weight is 398 g/mol. The van der Waals surface area contributed by atoms with E-state index >= 15 is 0 Å². The molecule has 2 rings (SSSR count). The maximum absolute atomic E-state index is 14.3. The number of carboxylic acids is 1. The highest BCUT2D eigenvalue weighted by molar-refractivity contribution is 9.10. The van der Waals surface area contributed by atoms with Gasteiger partial charge in [0.2, 0.25) is 10.0 Å². The zero-order valence-electron chi connectivity index (χ0n) is 11.0. The zero-order chi connectivity index (χ0) is 15.8. The van der Waals surface area contributed by atoms with Gasteiger partial charge in [0.15, 0.2) is 5.82 Å². The fourth-order valence-electron chi connectivity index (χ4n) is 2.10. The summed E-state index contributed by atoms with van der Waals surface area (Å²) in [6.45, 7) is 2.03. The first-order valence-corrected chi connectivity index (χ1v) is 9.46. The molecule has 0 saturated carbocycles. The third-order valence-corrected chi connectivity index (χ3v) is 6.79. The largest absolute Gasteiger partial charge is 0.478 e. The summed E-state index contributed by atoms with van der Waals surface area (Å²) in [5, 5.41) is 8.97. The van der Waals surface area contributed by atoms with Crippen LogP contribution in [0, 0.1) is 5.82 Å². The van der Waals surface area contributed by atoms with E-state index in [1.807, 2.05) is 0 Å². The van der Waals surface area contributed by atoms with Crippen LogP contribution < -0.4 is 0 Å². The van der Waals surface area contributed by atoms with Gasteiger partial charge in [0.05, 0.1) is 5.56 Å². The summed E-state index contributed by atoms with van der Waals surface area (Å²) in [6, 6.07) is 1.89. The van der Waals surface area contributed by atoms with Crippen LogP contribution in [0.25, 0.3) is 0 Å². The molecule has 0 radical (unpaired) electrons. The number of carbonyl (C=O) groups is 1. The predicted molar refractivity (Wildman–Crippen MR) is 81.7 cm³/mol. The van der Waals surface area contributed by atoms with E-state index in [4.69, 9.17) is 5.11 Å². The lowest BCUT2D eigenvalue weighted by Gasteiger charge is -2.32. The second-order valence-electron chi connectivity index (χ2n) is 4.61. The van der Waals surface area contributed by atoms with Crippen molar-refractivity contribution in [2.45, 2.75) is 17.9 Å². The van der Waals surface area contributed by atoms with Crippen molar-refractivity contribution in [1.82, 2.24) is 4.31 Å². The van der Waals surface area contributed by atoms with Crippen molar-refractivity contribution >= 4 is 43.7 Å². The van der Waals surface area contributed by atoms with Crippen molar-refractivity contribution in [3.8, 4) is 0 Å². The van der Waals surface area contributed by atoms with E-state index in [9.17, 15) is 17.6 Å². The smallest absolute Gasteiger partial charge is 0.338 e. The normalized spacial score (nSPS) is 20.4. The number of benzene rings is 1. The molecule has 0 bridgehead atoms. The Morgan fingerprint density at radius 1 is 1.52 bits per heavy atom. The predicted octanol–water partition coefficient (Wildman–Crippen LogP) is 2.41. The average Bonchev–Trinajstić information content (AvgIpc) is 2.40. The van der Waals surface area contributed by atoms with Crippen LogP contribution in [0.3, 0.4) is 0 Å². The molecule has 1 unspecified atom stereocenters. The number of nitrogens with zero attached hydrogens (tertiary/aromatic N) is 1. The standard InChI is InChI=1S/C12H13BrFNO4S2/c1-7-6-20-3-2-15(7)21(18,19)10-5-8(13)4-9(11(10)14)12(16)17/h4-5,7H,2-3,6H2,1H3,(H,16,17). The number of aromatic carboxylic acids is 1. The van der Waals surface area contributed by atoms with Crippen LogP contribution in [0.1, 0.15) is 17.3 Å². The maximum Gasteiger partial charge on any atom is 0.338 e. The molecular weight excluding hydrogens is 385 g/mol. The number of hydrogen-bond acceptors (Lipinski definition) is 4. The lowest BCUT2D eigenvalue weighted by molar-refractivity contribution is 0.0691. The molecule has 0 aromatic heterocycles. The van der Waals surface area contributed by atoms with E-state index in [0.717, 1.165) is 12.1 Å². The quantitative estimate of drug-likeness (QED) is 0.847. The van der Waals surface area contributed by atoms with E-state index in [-0.39, 0.29) is 17.1 Å². The van der Waals surface area contributed by atoms with Gasteiger partial charge >= 0.3 is 5.97 Å². The molecule has 9 heteroatoms. The Balaban J connectivity index is 2.57. The van der Waals surface area contributed by atoms with E-state index in [0.29, 0.717) is 11.5 Å². The van der Waals surface area contributed by atoms with Crippen molar-refractivity contribution in [1.29, 1.82) is 0 Å². The monoisotopic (exact) mass is 397 g/mol. The number of hydrogen-bond donors (Lipinski definition) is 1. The van der Waals surface area contributed by atoms with Gasteiger partial charge in [-0.05, 0) is 19.1 Å². The van der Waals surface area contributed by atoms with E-state index in [1.165, 1.54) is 4.31 Å². The highest BCUT2D eigenvalue weighted by Gasteiger charge is 2.34. The fourth-order valence-corrected chi connectivity index (χ4v) is 5.68. The second kappa shape index (κ2) is 6.23. The van der Waals surface area contributed by atoms with Gasteiger partial charge < -0.3 is 5.11 Å². The van der Waals surface area contributed by atoms with Gasteiger partial charge in [-0.3, -0.25) is 0 Å². The summed E-state index contributed by atoms with van der Waals surface area (Å²) in [5.41, 5.74) is -0.665. The SMILES string of the molecule is CC1CSCCN1S(=O)(=O)c1cc(Br)cc(C(=O)O)c1F. The van der Waals surface area contributed by atoms with Crippen LogP contribution in [0.2, 0.25) is 0 Å². The lowest BCUT2D eigenvalue weighted by atomic mass is 10.2. The van der Waals surface area contributed by atoms with Crippen molar-refractivity contribution in [2.24, 2.45) is 0 Å². The minimum absolute atomic E-state index is 0.207. The molecule has 1 N–H and O–H groups in total. The third-order valence-electron chi connectivity index (χ3n) is 3.13. The Labute approximate surface area is 134 Å². The number of thioether (sulfide) groups is 1. The summed E-state index contributed by atoms with van der Waals surface area (Å²) < 4.78 is 40.9. The molecule has 0 amide bonds. The highest BCUT2D eigenvalue weighted by Crippen LogP contribution is 2.29. The Morgan fingerprint density at radius 2 is 2.19 bits per heavy atom. The topological polar surface area (TPSA) is 74.7 Å². The minimum atomic E-state index is -4.07. The number of halogens is 2. The van der Waals surface area contributed by atoms with E-state index in [2.05, 4.69) is 15.9 Å². The van der Waals surface area contributed by atoms with Gasteiger partial charge in [-0.15, -0.1) is 0 Å². The van der Waals surface area contributed by atoms with Gasteiger partial charge in [0.1, 0.15) is 4.90 Å². The van der Waals surface area contributed by atoms with Crippen LogP contribution in [-0.2, 0) is 10.0 Å². The Kier molecular flexibility index (Phi) is 4.96. The zero-order valence-corrected chi connectivity index (χ0v) is 14.3. The maximum atomic E-state index is 14.3. The van der Waals surface area contributed by atoms with E-state index in [1.54, 1.807) is 18.7 Å². The first-order valence-electron chi connectivity index (χ1n) is 6.07. The minimum Gasteiger partial charge on any atom is -0.478 e. The summed E-state index contributed by atoms with van der Waals surface area (Å²) in [5.74, 6) is -1.48. The Hall–Kier alpha value is -0.640. The molecule has 1 aromatic rings. The Bertz CT molecular complexity index is 680. The molecule has 1 fully saturated rings. The molecule has 1 saturated heterocycles. The molecule has 1 aromatic carbocycles. The van der Waals surface area contributed by atoms with Crippen LogP contribution >= 0.6 is 27.7 Å². The molecule has 1 atom stereocenters. The van der Waals surface area contributed by atoms with Crippen LogP contribution in [0.5, 0.6) is 0 Å². The molecule has 0 spiro atoms. The molecule has 1 heterocycles. The van der Waals surface area contributed by atoms with Crippen molar-refractivity contribution in [3.05, 3.63) is 28.0 Å². The van der Waals surface area contributed by atoms with Crippen molar-refractivity contribution in [3.63, 3.8) is 0 Å². The van der Waals surface area contributed by atoms with Gasteiger partial charge in [-0.25, -0.2) is 17.6 Å². The highest BCUT2D eigenvalue weighted by atomic mass is 79.9. The number of rotatable bonds is 3. The van der Waals surface area contributed by atoms with Crippen molar-refractivity contribution < 1.29 is 22.7 Å².